The first-order chi connectivity index (χ1) is 15.1. The molecule has 5 heteroatoms. The molecule has 1 aliphatic heterocycles. The molecule has 1 rings (SSSR count). The number of hydroxylamine groups is 2. The van der Waals surface area contributed by atoms with E-state index in [0.29, 0.717) is 19.6 Å². The number of imide groups is 1. The summed E-state index contributed by atoms with van der Waals surface area (Å²) in [5, 5.41) is 1.74. The molecule has 0 radical (unpaired) electrons. The van der Waals surface area contributed by atoms with E-state index in [-0.39, 0.29) is 18.2 Å². The van der Waals surface area contributed by atoms with Crippen LogP contribution in [0.25, 0.3) is 0 Å². The third-order valence-electron chi connectivity index (χ3n) is 6.42. The highest BCUT2D eigenvalue weighted by Gasteiger charge is 2.40. The van der Waals surface area contributed by atoms with Crippen molar-refractivity contribution in [2.24, 2.45) is 0 Å². The summed E-state index contributed by atoms with van der Waals surface area (Å²) < 4.78 is 0. The highest BCUT2D eigenvalue weighted by atomic mass is 16.7. The monoisotopic (exact) mass is 438 g/mol. The summed E-state index contributed by atoms with van der Waals surface area (Å²) in [7, 11) is 0. The maximum atomic E-state index is 12.4. The maximum Gasteiger partial charge on any atom is 0.260 e. The molecule has 0 spiro atoms. The molecule has 0 aromatic heterocycles. The van der Waals surface area contributed by atoms with Gasteiger partial charge >= 0.3 is 0 Å². The normalized spacial score (nSPS) is 16.8. The van der Waals surface area contributed by atoms with Crippen molar-refractivity contribution in [1.29, 1.82) is 0 Å². The van der Waals surface area contributed by atoms with Gasteiger partial charge in [-0.05, 0) is 6.42 Å². The molecule has 0 bridgehead atoms. The minimum Gasteiger partial charge on any atom is -0.285 e. The Morgan fingerprint density at radius 1 is 0.710 bits per heavy atom. The Hall–Kier alpha value is -0.940. The van der Waals surface area contributed by atoms with Gasteiger partial charge in [0, 0.05) is 19.6 Å². The van der Waals surface area contributed by atoms with Crippen LogP contribution < -0.4 is 0 Å². The Bertz CT molecular complexity index is 466. The van der Waals surface area contributed by atoms with E-state index < -0.39 is 6.10 Å². The summed E-state index contributed by atoms with van der Waals surface area (Å²) >= 11 is 0. The molecule has 0 aliphatic carbocycles. The zero-order valence-corrected chi connectivity index (χ0v) is 20.8. The van der Waals surface area contributed by atoms with Crippen LogP contribution in [-0.4, -0.2) is 47.5 Å². The number of hydrogen-bond acceptors (Lipinski definition) is 4. The first kappa shape index (κ1) is 28.1. The molecule has 1 atom stereocenters. The Balaban J connectivity index is 1.93. The lowest BCUT2D eigenvalue weighted by Crippen LogP contribution is -2.37. The van der Waals surface area contributed by atoms with Crippen LogP contribution in [0.4, 0.5) is 0 Å². The van der Waals surface area contributed by atoms with Crippen LogP contribution in [0.1, 0.15) is 130 Å². The summed E-state index contributed by atoms with van der Waals surface area (Å²) in [4.78, 5) is 31.7. The van der Waals surface area contributed by atoms with E-state index in [1.54, 1.807) is 5.06 Å². The van der Waals surface area contributed by atoms with E-state index in [9.17, 15) is 9.59 Å². The molecule has 0 saturated carbocycles. The third-order valence-corrected chi connectivity index (χ3v) is 6.42. The van der Waals surface area contributed by atoms with Gasteiger partial charge in [0.15, 0.2) is 6.10 Å². The van der Waals surface area contributed by atoms with Crippen molar-refractivity contribution in [2.75, 3.05) is 19.6 Å². The molecule has 1 unspecified atom stereocenters. The molecule has 31 heavy (non-hydrogen) atoms. The number of nitrogens with zero attached hydrogens (tertiary/aromatic N) is 2. The average molecular weight is 439 g/mol. The zero-order valence-electron chi connectivity index (χ0n) is 20.8. The second-order valence-corrected chi connectivity index (χ2v) is 9.10. The van der Waals surface area contributed by atoms with Crippen molar-refractivity contribution in [3.8, 4) is 0 Å². The van der Waals surface area contributed by atoms with Gasteiger partial charge in [-0.3, -0.25) is 19.3 Å². The summed E-state index contributed by atoms with van der Waals surface area (Å²) in [5.74, 6) is -0.235. The summed E-state index contributed by atoms with van der Waals surface area (Å²) in [6.07, 6.45) is 20.8. The van der Waals surface area contributed by atoms with Crippen LogP contribution in [0.5, 0.6) is 0 Å². The molecule has 0 N–H and O–H groups in total. The number of unbranched alkanes of at least 4 members (excludes halogenated alkanes) is 15. The lowest BCUT2D eigenvalue weighted by atomic mass is 10.0. The highest BCUT2D eigenvalue weighted by molar-refractivity contribution is 6.04. The van der Waals surface area contributed by atoms with Crippen LogP contribution in [0, 0.1) is 0 Å². The molecule has 5 nitrogen and oxygen atoms in total. The fourth-order valence-corrected chi connectivity index (χ4v) is 4.34. The van der Waals surface area contributed by atoms with Gasteiger partial charge in [0.25, 0.3) is 5.91 Å². The van der Waals surface area contributed by atoms with Crippen molar-refractivity contribution in [3.05, 3.63) is 0 Å². The van der Waals surface area contributed by atoms with E-state index in [4.69, 9.17) is 4.84 Å². The molecular weight excluding hydrogens is 388 g/mol. The second-order valence-electron chi connectivity index (χ2n) is 9.10. The lowest BCUT2D eigenvalue weighted by Gasteiger charge is -2.21. The van der Waals surface area contributed by atoms with Crippen LogP contribution in [0.2, 0.25) is 0 Å². The van der Waals surface area contributed by atoms with Crippen LogP contribution in [-0.2, 0) is 14.4 Å². The predicted octanol–water partition coefficient (Wildman–Crippen LogP) is 6.65. The Morgan fingerprint density at radius 3 is 1.55 bits per heavy atom. The molecule has 1 saturated heterocycles. The number of rotatable bonds is 21. The molecule has 1 heterocycles. The second kappa shape index (κ2) is 18.6. The zero-order chi connectivity index (χ0) is 22.7. The van der Waals surface area contributed by atoms with Gasteiger partial charge in [-0.15, -0.1) is 0 Å². The third kappa shape index (κ3) is 12.6. The van der Waals surface area contributed by atoms with Gasteiger partial charge in [0.1, 0.15) is 0 Å². The van der Waals surface area contributed by atoms with E-state index in [1.807, 2.05) is 13.8 Å². The van der Waals surface area contributed by atoms with Crippen molar-refractivity contribution in [2.45, 2.75) is 136 Å². The first-order valence-corrected chi connectivity index (χ1v) is 13.4. The molecule has 0 aromatic rings. The highest BCUT2D eigenvalue weighted by Crippen LogP contribution is 2.19. The molecule has 2 amide bonds. The standard InChI is InChI=1S/C26H50N2O3/c1-4-7-8-9-10-11-12-13-14-15-16-17-18-19-20-21-22-28-25(29)23-24(26(28)30)31-27(5-2)6-3/h24H,4-23H2,1-3H3. The van der Waals surface area contributed by atoms with Crippen molar-refractivity contribution in [1.82, 2.24) is 9.96 Å². The van der Waals surface area contributed by atoms with Gasteiger partial charge in [0.2, 0.25) is 5.91 Å². The summed E-state index contributed by atoms with van der Waals surface area (Å²) in [6, 6.07) is 0. The summed E-state index contributed by atoms with van der Waals surface area (Å²) in [6.45, 7) is 8.23. The predicted molar refractivity (Wildman–Crippen MR) is 129 cm³/mol. The molecular formula is C26H50N2O3. The van der Waals surface area contributed by atoms with Gasteiger partial charge in [-0.25, -0.2) is 0 Å². The number of carbonyl (C=O) groups is 2. The smallest absolute Gasteiger partial charge is 0.260 e. The number of carbonyl (C=O) groups excluding carboxylic acids is 2. The van der Waals surface area contributed by atoms with Crippen molar-refractivity contribution in [3.63, 3.8) is 0 Å². The van der Waals surface area contributed by atoms with E-state index in [2.05, 4.69) is 6.92 Å². The minimum absolute atomic E-state index is 0.0804. The SMILES string of the molecule is CCCCCCCCCCCCCCCCCCN1C(=O)CC(ON(CC)CC)C1=O. The quantitative estimate of drug-likeness (QED) is 0.114. The number of hydrogen-bond donors (Lipinski definition) is 0. The van der Waals surface area contributed by atoms with Gasteiger partial charge in [0.05, 0.1) is 6.42 Å². The van der Waals surface area contributed by atoms with Crippen molar-refractivity contribution >= 4 is 11.8 Å². The van der Waals surface area contributed by atoms with Gasteiger partial charge in [-0.1, -0.05) is 117 Å². The van der Waals surface area contributed by atoms with Crippen LogP contribution in [0.15, 0.2) is 0 Å². The first-order valence-electron chi connectivity index (χ1n) is 13.4. The molecule has 1 aliphatic rings. The van der Waals surface area contributed by atoms with Crippen LogP contribution >= 0.6 is 0 Å². The molecule has 0 aromatic carbocycles. The number of likely N-dealkylation sites (tertiary alicyclic amines) is 1. The largest absolute Gasteiger partial charge is 0.285 e. The lowest BCUT2D eigenvalue weighted by molar-refractivity contribution is -0.195. The Labute approximate surface area is 192 Å². The molecule has 1 fully saturated rings. The topological polar surface area (TPSA) is 49.9 Å². The number of amides is 2. The Morgan fingerprint density at radius 2 is 1.13 bits per heavy atom. The van der Waals surface area contributed by atoms with Crippen molar-refractivity contribution < 1.29 is 14.4 Å². The van der Waals surface area contributed by atoms with Gasteiger partial charge < -0.3 is 0 Å². The van der Waals surface area contributed by atoms with Crippen LogP contribution in [0.3, 0.4) is 0 Å². The van der Waals surface area contributed by atoms with E-state index in [0.717, 1.165) is 12.8 Å². The fourth-order valence-electron chi connectivity index (χ4n) is 4.34. The maximum absolute atomic E-state index is 12.4. The fraction of sp³-hybridized carbons (Fsp3) is 0.923. The average Bonchev–Trinajstić information content (AvgIpc) is 3.04. The van der Waals surface area contributed by atoms with E-state index >= 15 is 0 Å². The minimum atomic E-state index is -0.617. The van der Waals surface area contributed by atoms with Gasteiger partial charge in [-0.2, -0.15) is 5.06 Å². The molecule has 182 valence electrons. The Kier molecular flexibility index (Phi) is 16.9. The summed E-state index contributed by atoms with van der Waals surface area (Å²) in [5.41, 5.74) is 0. The van der Waals surface area contributed by atoms with E-state index in [1.165, 1.54) is 94.8 Å².